The summed E-state index contributed by atoms with van der Waals surface area (Å²) < 4.78 is 0. The van der Waals surface area contributed by atoms with Crippen molar-refractivity contribution in [3.05, 3.63) is 11.1 Å². The van der Waals surface area contributed by atoms with Gasteiger partial charge in [0.1, 0.15) is 0 Å². The number of rotatable bonds is 5. The number of likely N-dealkylation sites (N-methyl/N-ethyl adjacent to an activating group) is 1. The molecule has 1 N–H and O–H groups in total. The zero-order valence-corrected chi connectivity index (χ0v) is 12.9. The van der Waals surface area contributed by atoms with Gasteiger partial charge in [-0.1, -0.05) is 0 Å². The molecule has 1 aliphatic heterocycles. The zero-order chi connectivity index (χ0) is 13.8. The number of aliphatic hydroxyl groups is 1. The second-order valence-electron chi connectivity index (χ2n) is 5.36. The summed E-state index contributed by atoms with van der Waals surface area (Å²) in [5.74, 6) is 0. The topological polar surface area (TPSA) is 42.8 Å². The molecule has 0 aromatic carbocycles. The standard InChI is InChI=1S/C13H24N4OS/c1-11(18)12-10-19-13(14-12)17-8-6-16(7-9-17)5-4-15(2)3/h10-11,18H,4-9H2,1-3H3. The number of thiazole rings is 1. The molecule has 0 aliphatic carbocycles. The van der Waals surface area contributed by atoms with E-state index >= 15 is 0 Å². The molecule has 108 valence electrons. The molecule has 6 heteroatoms. The van der Waals surface area contributed by atoms with Crippen LogP contribution < -0.4 is 4.90 Å². The molecule has 1 fully saturated rings. The lowest BCUT2D eigenvalue weighted by Crippen LogP contribution is -2.48. The normalized spacial score (nSPS) is 19.1. The highest BCUT2D eigenvalue weighted by Gasteiger charge is 2.19. The smallest absolute Gasteiger partial charge is 0.185 e. The molecule has 1 saturated heterocycles. The van der Waals surface area contributed by atoms with Crippen LogP contribution in [0.2, 0.25) is 0 Å². The van der Waals surface area contributed by atoms with Gasteiger partial charge < -0.3 is 14.9 Å². The third-order valence-corrected chi connectivity index (χ3v) is 4.36. The van der Waals surface area contributed by atoms with E-state index in [4.69, 9.17) is 0 Å². The summed E-state index contributed by atoms with van der Waals surface area (Å²) in [4.78, 5) is 11.5. The van der Waals surface area contributed by atoms with E-state index in [9.17, 15) is 5.11 Å². The van der Waals surface area contributed by atoms with Crippen molar-refractivity contribution in [3.8, 4) is 0 Å². The van der Waals surface area contributed by atoms with Gasteiger partial charge in [-0.05, 0) is 21.0 Å². The molecular formula is C13H24N4OS. The van der Waals surface area contributed by atoms with Crippen molar-refractivity contribution < 1.29 is 5.11 Å². The molecular weight excluding hydrogens is 260 g/mol. The first-order valence-electron chi connectivity index (χ1n) is 6.82. The fraction of sp³-hybridized carbons (Fsp3) is 0.769. The van der Waals surface area contributed by atoms with Crippen molar-refractivity contribution >= 4 is 16.5 Å². The maximum absolute atomic E-state index is 9.51. The molecule has 2 rings (SSSR count). The van der Waals surface area contributed by atoms with Crippen LogP contribution in [0.4, 0.5) is 5.13 Å². The molecule has 1 aliphatic rings. The number of piperazine rings is 1. The van der Waals surface area contributed by atoms with Crippen molar-refractivity contribution in [1.29, 1.82) is 0 Å². The number of nitrogens with zero attached hydrogens (tertiary/aromatic N) is 4. The van der Waals surface area contributed by atoms with Crippen molar-refractivity contribution in [2.45, 2.75) is 13.0 Å². The molecule has 5 nitrogen and oxygen atoms in total. The van der Waals surface area contributed by atoms with E-state index in [1.165, 1.54) is 0 Å². The highest BCUT2D eigenvalue weighted by atomic mass is 32.1. The summed E-state index contributed by atoms with van der Waals surface area (Å²) in [7, 11) is 4.23. The molecule has 0 spiro atoms. The van der Waals surface area contributed by atoms with Crippen LogP contribution in [0.3, 0.4) is 0 Å². The Morgan fingerprint density at radius 3 is 2.58 bits per heavy atom. The van der Waals surface area contributed by atoms with Gasteiger partial charge in [-0.15, -0.1) is 11.3 Å². The van der Waals surface area contributed by atoms with Crippen LogP contribution in [0, 0.1) is 0 Å². The van der Waals surface area contributed by atoms with E-state index in [-0.39, 0.29) is 0 Å². The van der Waals surface area contributed by atoms with E-state index < -0.39 is 6.10 Å². The summed E-state index contributed by atoms with van der Waals surface area (Å²) in [6.45, 7) is 8.26. The second-order valence-corrected chi connectivity index (χ2v) is 6.20. The SMILES string of the molecule is CC(O)c1csc(N2CCN(CCN(C)C)CC2)n1. The zero-order valence-electron chi connectivity index (χ0n) is 12.0. The van der Waals surface area contributed by atoms with E-state index in [1.54, 1.807) is 18.3 Å². The van der Waals surface area contributed by atoms with Crippen LogP contribution in [0.5, 0.6) is 0 Å². The largest absolute Gasteiger partial charge is 0.387 e. The first-order chi connectivity index (χ1) is 9.06. The van der Waals surface area contributed by atoms with Crippen molar-refractivity contribution in [3.63, 3.8) is 0 Å². The molecule has 0 saturated carbocycles. The highest BCUT2D eigenvalue weighted by molar-refractivity contribution is 7.13. The van der Waals surface area contributed by atoms with Gasteiger partial charge in [0.2, 0.25) is 0 Å². The summed E-state index contributed by atoms with van der Waals surface area (Å²) in [5, 5.41) is 12.5. The van der Waals surface area contributed by atoms with Gasteiger partial charge in [0.15, 0.2) is 5.13 Å². The van der Waals surface area contributed by atoms with Gasteiger partial charge in [-0.25, -0.2) is 4.98 Å². The van der Waals surface area contributed by atoms with Gasteiger partial charge in [0, 0.05) is 44.6 Å². The molecule has 1 aromatic rings. The van der Waals surface area contributed by atoms with Crippen LogP contribution in [-0.2, 0) is 0 Å². The number of anilines is 1. The van der Waals surface area contributed by atoms with Gasteiger partial charge in [-0.3, -0.25) is 4.90 Å². The molecule has 0 radical (unpaired) electrons. The van der Waals surface area contributed by atoms with E-state index in [1.807, 2.05) is 5.38 Å². The van der Waals surface area contributed by atoms with Gasteiger partial charge >= 0.3 is 0 Å². The predicted octanol–water partition coefficient (Wildman–Crippen LogP) is 0.880. The predicted molar refractivity (Wildman–Crippen MR) is 80.0 cm³/mol. The minimum Gasteiger partial charge on any atom is -0.387 e. The van der Waals surface area contributed by atoms with Crippen LogP contribution in [0.25, 0.3) is 0 Å². The van der Waals surface area contributed by atoms with E-state index in [0.29, 0.717) is 0 Å². The lowest BCUT2D eigenvalue weighted by Gasteiger charge is -2.35. The van der Waals surface area contributed by atoms with Gasteiger partial charge in [0.05, 0.1) is 11.8 Å². The summed E-state index contributed by atoms with van der Waals surface area (Å²) >= 11 is 1.63. The summed E-state index contributed by atoms with van der Waals surface area (Å²) in [5.41, 5.74) is 0.787. The van der Waals surface area contributed by atoms with Crippen molar-refractivity contribution in [2.75, 3.05) is 58.3 Å². The maximum Gasteiger partial charge on any atom is 0.185 e. The lowest BCUT2D eigenvalue weighted by atomic mass is 10.3. The average Bonchev–Trinajstić information content (AvgIpc) is 2.86. The minimum atomic E-state index is -0.466. The van der Waals surface area contributed by atoms with Crippen molar-refractivity contribution in [1.82, 2.24) is 14.8 Å². The minimum absolute atomic E-state index is 0.466. The summed E-state index contributed by atoms with van der Waals surface area (Å²) in [6.07, 6.45) is -0.466. The van der Waals surface area contributed by atoms with Crippen LogP contribution in [0.15, 0.2) is 5.38 Å². The van der Waals surface area contributed by atoms with E-state index in [0.717, 1.165) is 50.1 Å². The number of aromatic nitrogens is 1. The quantitative estimate of drug-likeness (QED) is 0.869. The third-order valence-electron chi connectivity index (χ3n) is 3.44. The Labute approximate surface area is 119 Å². The van der Waals surface area contributed by atoms with Crippen LogP contribution >= 0.6 is 11.3 Å². The summed E-state index contributed by atoms with van der Waals surface area (Å²) in [6, 6.07) is 0. The van der Waals surface area contributed by atoms with Crippen molar-refractivity contribution in [2.24, 2.45) is 0 Å². The fourth-order valence-electron chi connectivity index (χ4n) is 2.12. The molecule has 1 atom stereocenters. The number of hydrogen-bond acceptors (Lipinski definition) is 6. The third kappa shape index (κ3) is 4.14. The molecule has 19 heavy (non-hydrogen) atoms. The average molecular weight is 284 g/mol. The van der Waals surface area contributed by atoms with Gasteiger partial charge in [-0.2, -0.15) is 0 Å². The Balaban J connectivity index is 1.82. The number of aliphatic hydroxyl groups excluding tert-OH is 1. The van der Waals surface area contributed by atoms with Crippen LogP contribution in [0.1, 0.15) is 18.7 Å². The monoisotopic (exact) mass is 284 g/mol. The second kappa shape index (κ2) is 6.65. The molecule has 0 bridgehead atoms. The Bertz CT molecular complexity index is 386. The van der Waals surface area contributed by atoms with Gasteiger partial charge in [0.25, 0.3) is 0 Å². The Morgan fingerprint density at radius 2 is 2.05 bits per heavy atom. The Morgan fingerprint density at radius 1 is 1.37 bits per heavy atom. The maximum atomic E-state index is 9.51. The molecule has 1 aromatic heterocycles. The Hall–Kier alpha value is -0.690. The number of hydrogen-bond donors (Lipinski definition) is 1. The lowest BCUT2D eigenvalue weighted by molar-refractivity contribution is 0.195. The first-order valence-corrected chi connectivity index (χ1v) is 7.69. The molecule has 1 unspecified atom stereocenters. The fourth-order valence-corrected chi connectivity index (χ4v) is 3.08. The van der Waals surface area contributed by atoms with Crippen LogP contribution in [-0.4, -0.2) is 73.3 Å². The molecule has 2 heterocycles. The van der Waals surface area contributed by atoms with E-state index in [2.05, 4.69) is 33.8 Å². The highest BCUT2D eigenvalue weighted by Crippen LogP contribution is 2.24. The first kappa shape index (κ1) is 14.7. The Kier molecular flexibility index (Phi) is 5.15. The molecule has 0 amide bonds.